The van der Waals surface area contributed by atoms with Gasteiger partial charge in [-0.25, -0.2) is 0 Å². The standard InChI is InChI=1S/C31H33N5O2/c1-21-6-8-24(9-7-21)26-4-2-3-5-27(26)31(38)36-18-14-23(15-19-36)22-12-16-35(17-13-22)30(37)25-10-11-28-29(20-25)33-34-32-28/h2-11,20,22-23H,12-19H2,1H3,(H,32,33,34). The zero-order chi connectivity index (χ0) is 26.1. The molecule has 194 valence electrons. The fourth-order valence-corrected chi connectivity index (χ4v) is 6.13. The first-order valence-electron chi connectivity index (χ1n) is 13.6. The van der Waals surface area contributed by atoms with E-state index in [0.29, 0.717) is 22.9 Å². The molecule has 3 heterocycles. The molecule has 0 aliphatic carbocycles. The number of aryl methyl sites for hydroxylation is 1. The third kappa shape index (κ3) is 4.80. The van der Waals surface area contributed by atoms with Gasteiger partial charge in [0.25, 0.3) is 11.8 Å². The summed E-state index contributed by atoms with van der Waals surface area (Å²) in [6.45, 7) is 5.23. The Balaban J connectivity index is 1.04. The molecule has 1 aromatic heterocycles. The van der Waals surface area contributed by atoms with Gasteiger partial charge in [-0.05, 0) is 79.8 Å². The van der Waals surface area contributed by atoms with Crippen molar-refractivity contribution in [2.75, 3.05) is 26.2 Å². The number of nitrogens with one attached hydrogen (secondary N) is 1. The Labute approximate surface area is 222 Å². The number of amides is 2. The minimum atomic E-state index is 0.0704. The molecule has 0 saturated carbocycles. The van der Waals surface area contributed by atoms with Gasteiger partial charge in [0.05, 0.1) is 0 Å². The maximum absolute atomic E-state index is 13.5. The lowest BCUT2D eigenvalue weighted by molar-refractivity contribution is 0.0537. The summed E-state index contributed by atoms with van der Waals surface area (Å²) >= 11 is 0. The number of aromatic nitrogens is 3. The molecular formula is C31H33N5O2. The lowest BCUT2D eigenvalue weighted by Gasteiger charge is -2.40. The summed E-state index contributed by atoms with van der Waals surface area (Å²) in [6, 6.07) is 21.8. The summed E-state index contributed by atoms with van der Waals surface area (Å²) < 4.78 is 0. The fourth-order valence-electron chi connectivity index (χ4n) is 6.13. The highest BCUT2D eigenvalue weighted by molar-refractivity contribution is 6.01. The van der Waals surface area contributed by atoms with Gasteiger partial charge in [-0.1, -0.05) is 48.0 Å². The van der Waals surface area contributed by atoms with E-state index >= 15 is 0 Å². The monoisotopic (exact) mass is 507 g/mol. The molecule has 0 atom stereocenters. The third-order valence-electron chi connectivity index (χ3n) is 8.40. The molecule has 0 bridgehead atoms. The molecule has 1 N–H and O–H groups in total. The summed E-state index contributed by atoms with van der Waals surface area (Å²) in [5.41, 5.74) is 6.23. The number of H-pyrrole nitrogens is 1. The molecule has 2 saturated heterocycles. The fraction of sp³-hybridized carbons (Fsp3) is 0.355. The van der Waals surface area contributed by atoms with E-state index in [9.17, 15) is 9.59 Å². The first-order chi connectivity index (χ1) is 18.6. The van der Waals surface area contributed by atoms with Gasteiger partial charge < -0.3 is 9.80 Å². The van der Waals surface area contributed by atoms with Crippen LogP contribution in [0.25, 0.3) is 22.2 Å². The van der Waals surface area contributed by atoms with Crippen LogP contribution >= 0.6 is 0 Å². The average molecular weight is 508 g/mol. The molecule has 7 heteroatoms. The van der Waals surface area contributed by atoms with E-state index < -0.39 is 0 Å². The summed E-state index contributed by atoms with van der Waals surface area (Å²) in [7, 11) is 0. The van der Waals surface area contributed by atoms with Crippen molar-refractivity contribution >= 4 is 22.8 Å². The highest BCUT2D eigenvalue weighted by Gasteiger charge is 2.33. The van der Waals surface area contributed by atoms with E-state index in [2.05, 4.69) is 46.6 Å². The Morgan fingerprint density at radius 3 is 2.03 bits per heavy atom. The number of benzene rings is 3. The molecule has 0 spiro atoms. The Morgan fingerprint density at radius 1 is 0.737 bits per heavy atom. The molecule has 0 unspecified atom stereocenters. The van der Waals surface area contributed by atoms with Gasteiger partial charge in [0.15, 0.2) is 0 Å². The highest BCUT2D eigenvalue weighted by Crippen LogP contribution is 2.34. The van der Waals surface area contributed by atoms with Crippen LogP contribution in [-0.4, -0.2) is 63.2 Å². The maximum atomic E-state index is 13.5. The van der Waals surface area contributed by atoms with Crippen LogP contribution < -0.4 is 0 Å². The quantitative estimate of drug-likeness (QED) is 0.404. The number of aromatic amines is 1. The number of fused-ring (bicyclic) bond motifs is 1. The number of carbonyl (C=O) groups excluding carboxylic acids is 2. The van der Waals surface area contributed by atoms with Gasteiger partial charge in [-0.3, -0.25) is 9.59 Å². The minimum absolute atomic E-state index is 0.0704. The predicted molar refractivity (Wildman–Crippen MR) is 148 cm³/mol. The zero-order valence-corrected chi connectivity index (χ0v) is 21.8. The van der Waals surface area contributed by atoms with Crippen molar-refractivity contribution in [3.8, 4) is 11.1 Å². The Morgan fingerprint density at radius 2 is 1.34 bits per heavy atom. The van der Waals surface area contributed by atoms with E-state index in [0.717, 1.165) is 74.1 Å². The second kappa shape index (κ2) is 10.4. The molecule has 2 aliphatic rings. The molecule has 0 radical (unpaired) electrons. The minimum Gasteiger partial charge on any atom is -0.339 e. The largest absolute Gasteiger partial charge is 0.339 e. The topological polar surface area (TPSA) is 82.2 Å². The van der Waals surface area contributed by atoms with Crippen molar-refractivity contribution in [1.29, 1.82) is 0 Å². The van der Waals surface area contributed by atoms with Crippen LogP contribution in [0.1, 0.15) is 52.0 Å². The van der Waals surface area contributed by atoms with Crippen LogP contribution in [-0.2, 0) is 0 Å². The number of hydrogen-bond acceptors (Lipinski definition) is 4. The molecule has 2 fully saturated rings. The molecule has 2 aliphatic heterocycles. The first kappa shape index (κ1) is 24.3. The third-order valence-corrected chi connectivity index (χ3v) is 8.40. The van der Waals surface area contributed by atoms with Crippen LogP contribution in [0.15, 0.2) is 66.7 Å². The summed E-state index contributed by atoms with van der Waals surface area (Å²) in [5, 5.41) is 10.8. The number of nitrogens with zero attached hydrogens (tertiary/aromatic N) is 4. The van der Waals surface area contributed by atoms with Gasteiger partial charge in [0.2, 0.25) is 0 Å². The first-order valence-corrected chi connectivity index (χ1v) is 13.6. The number of piperidine rings is 2. The van der Waals surface area contributed by atoms with Crippen molar-refractivity contribution in [1.82, 2.24) is 25.2 Å². The van der Waals surface area contributed by atoms with Crippen molar-refractivity contribution in [3.05, 3.63) is 83.4 Å². The van der Waals surface area contributed by atoms with Crippen molar-refractivity contribution in [2.24, 2.45) is 11.8 Å². The second-order valence-corrected chi connectivity index (χ2v) is 10.7. The SMILES string of the molecule is Cc1ccc(-c2ccccc2C(=O)N2CCC(C3CCN(C(=O)c4ccc5n[nH]nc5c4)CC3)CC2)cc1. The summed E-state index contributed by atoms with van der Waals surface area (Å²) in [4.78, 5) is 30.6. The average Bonchev–Trinajstić information content (AvgIpc) is 3.45. The van der Waals surface area contributed by atoms with Crippen LogP contribution in [0.2, 0.25) is 0 Å². The maximum Gasteiger partial charge on any atom is 0.254 e. The Hall–Kier alpha value is -4.00. The lowest BCUT2D eigenvalue weighted by atomic mass is 9.78. The normalized spacial score (nSPS) is 17.2. The zero-order valence-electron chi connectivity index (χ0n) is 21.8. The van der Waals surface area contributed by atoms with E-state index in [1.807, 2.05) is 52.3 Å². The van der Waals surface area contributed by atoms with Crippen LogP contribution in [0.4, 0.5) is 0 Å². The molecular weight excluding hydrogens is 474 g/mol. The molecule has 38 heavy (non-hydrogen) atoms. The number of hydrogen-bond donors (Lipinski definition) is 1. The summed E-state index contributed by atoms with van der Waals surface area (Å²) in [5.74, 6) is 1.41. The van der Waals surface area contributed by atoms with Gasteiger partial charge in [-0.2, -0.15) is 15.4 Å². The number of rotatable bonds is 4. The molecule has 6 rings (SSSR count). The van der Waals surface area contributed by atoms with E-state index in [1.165, 1.54) is 5.56 Å². The van der Waals surface area contributed by atoms with Crippen molar-refractivity contribution in [2.45, 2.75) is 32.6 Å². The summed E-state index contributed by atoms with van der Waals surface area (Å²) in [6.07, 6.45) is 4.10. The predicted octanol–water partition coefficient (Wildman–Crippen LogP) is 5.34. The molecule has 3 aromatic carbocycles. The second-order valence-electron chi connectivity index (χ2n) is 10.7. The number of carbonyl (C=O) groups is 2. The van der Waals surface area contributed by atoms with E-state index in [-0.39, 0.29) is 11.8 Å². The lowest BCUT2D eigenvalue weighted by Crippen LogP contribution is -2.44. The number of likely N-dealkylation sites (tertiary alicyclic amines) is 2. The highest BCUT2D eigenvalue weighted by atomic mass is 16.2. The van der Waals surface area contributed by atoms with Crippen molar-refractivity contribution in [3.63, 3.8) is 0 Å². The van der Waals surface area contributed by atoms with Gasteiger partial charge >= 0.3 is 0 Å². The molecule has 7 nitrogen and oxygen atoms in total. The van der Waals surface area contributed by atoms with Crippen LogP contribution in [0.5, 0.6) is 0 Å². The van der Waals surface area contributed by atoms with Crippen LogP contribution in [0, 0.1) is 18.8 Å². The van der Waals surface area contributed by atoms with Gasteiger partial charge in [0, 0.05) is 37.3 Å². The Kier molecular flexibility index (Phi) is 6.66. The smallest absolute Gasteiger partial charge is 0.254 e. The Bertz CT molecular complexity index is 1440. The van der Waals surface area contributed by atoms with E-state index in [4.69, 9.17) is 0 Å². The molecule has 4 aromatic rings. The van der Waals surface area contributed by atoms with E-state index in [1.54, 1.807) is 0 Å². The van der Waals surface area contributed by atoms with Gasteiger partial charge in [0.1, 0.15) is 11.0 Å². The van der Waals surface area contributed by atoms with Crippen molar-refractivity contribution < 1.29 is 9.59 Å². The molecule has 2 amide bonds. The van der Waals surface area contributed by atoms with Gasteiger partial charge in [-0.15, -0.1) is 0 Å². The van der Waals surface area contributed by atoms with Crippen LogP contribution in [0.3, 0.4) is 0 Å².